The second-order valence-corrected chi connectivity index (χ2v) is 20.1. The van der Waals surface area contributed by atoms with Gasteiger partial charge in [-0.1, -0.05) is 62.4 Å². The van der Waals surface area contributed by atoms with Gasteiger partial charge in [0.15, 0.2) is 11.7 Å². The van der Waals surface area contributed by atoms with Crippen molar-refractivity contribution in [1.29, 1.82) is 0 Å². The van der Waals surface area contributed by atoms with E-state index in [0.717, 1.165) is 25.9 Å². The number of rotatable bonds is 11. The first-order valence-electron chi connectivity index (χ1n) is 22.4. The molecular weight excluding hydrogens is 825 g/mol. The number of alkyl carbamates (subject to hydrolysis) is 1. The Morgan fingerprint density at radius 1 is 0.969 bits per heavy atom. The number of benzene rings is 2. The van der Waals surface area contributed by atoms with Crippen molar-refractivity contribution in [2.75, 3.05) is 26.2 Å². The second-order valence-electron chi connectivity index (χ2n) is 20.1. The van der Waals surface area contributed by atoms with Gasteiger partial charge in [-0.2, -0.15) is 0 Å². The lowest BCUT2D eigenvalue weighted by molar-refractivity contribution is -0.345. The summed E-state index contributed by atoms with van der Waals surface area (Å²) in [5.41, 5.74) is -6.50. The molecule has 7 rings (SSSR count). The van der Waals surface area contributed by atoms with Crippen molar-refractivity contribution in [3.8, 4) is 0 Å². The van der Waals surface area contributed by atoms with E-state index < -0.39 is 112 Å². The van der Waals surface area contributed by atoms with E-state index in [1.807, 2.05) is 0 Å². The van der Waals surface area contributed by atoms with Crippen LogP contribution in [0.25, 0.3) is 0 Å². The molecule has 2 bridgehead atoms. The van der Waals surface area contributed by atoms with Gasteiger partial charge in [0, 0.05) is 31.1 Å². The molecule has 2 saturated carbocycles. The van der Waals surface area contributed by atoms with Gasteiger partial charge in [0.25, 0.3) is 0 Å². The molecule has 64 heavy (non-hydrogen) atoms. The van der Waals surface area contributed by atoms with Gasteiger partial charge in [0.05, 0.1) is 35.6 Å². The molecule has 11 atom stereocenters. The van der Waals surface area contributed by atoms with E-state index in [9.17, 15) is 34.5 Å². The Balaban J connectivity index is 1.39. The number of amides is 1. The molecular formula is C49H64N2O13. The average molecular weight is 889 g/mol. The van der Waals surface area contributed by atoms with Gasteiger partial charge in [-0.25, -0.2) is 14.4 Å². The summed E-state index contributed by atoms with van der Waals surface area (Å²) in [5, 5.41) is 40.7. The van der Waals surface area contributed by atoms with Crippen LogP contribution in [-0.4, -0.2) is 124 Å². The van der Waals surface area contributed by atoms with Crippen molar-refractivity contribution in [2.24, 2.45) is 22.7 Å². The number of nitrogens with zero attached hydrogens (tertiary/aromatic N) is 1. The summed E-state index contributed by atoms with van der Waals surface area (Å²) in [6.45, 7) is 15.1. The van der Waals surface area contributed by atoms with Crippen molar-refractivity contribution in [3.63, 3.8) is 0 Å². The molecule has 2 heterocycles. The molecule has 1 amide bonds. The van der Waals surface area contributed by atoms with E-state index in [4.69, 9.17) is 23.7 Å². The van der Waals surface area contributed by atoms with Crippen molar-refractivity contribution in [2.45, 2.75) is 141 Å². The third kappa shape index (κ3) is 8.38. The van der Waals surface area contributed by atoms with Gasteiger partial charge in [0.1, 0.15) is 35.3 Å². The molecule has 2 saturated heterocycles. The minimum absolute atomic E-state index is 0.0674. The Kier molecular flexibility index (Phi) is 13.0. The molecule has 0 unspecified atom stereocenters. The molecule has 2 aromatic rings. The Labute approximate surface area is 374 Å². The third-order valence-corrected chi connectivity index (χ3v) is 14.6. The third-order valence-electron chi connectivity index (χ3n) is 14.6. The van der Waals surface area contributed by atoms with E-state index in [2.05, 4.69) is 10.2 Å². The zero-order chi connectivity index (χ0) is 46.6. The highest BCUT2D eigenvalue weighted by Crippen LogP contribution is 2.65. The van der Waals surface area contributed by atoms with Crippen LogP contribution in [0.2, 0.25) is 0 Å². The normalized spacial score (nSPS) is 33.2. The Morgan fingerprint density at radius 2 is 1.59 bits per heavy atom. The number of carbonyl (C=O) groups is 5. The molecule has 15 nitrogen and oxygen atoms in total. The Bertz CT molecular complexity index is 2130. The highest BCUT2D eigenvalue weighted by Gasteiger charge is 2.78. The average Bonchev–Trinajstić information content (AvgIpc) is 3.76. The summed E-state index contributed by atoms with van der Waals surface area (Å²) in [5.74, 6) is -5.43. The van der Waals surface area contributed by atoms with Crippen LogP contribution < -0.4 is 5.32 Å². The van der Waals surface area contributed by atoms with Crippen LogP contribution in [0.5, 0.6) is 0 Å². The van der Waals surface area contributed by atoms with E-state index in [0.29, 0.717) is 23.3 Å². The van der Waals surface area contributed by atoms with Crippen LogP contribution in [0.15, 0.2) is 71.8 Å². The van der Waals surface area contributed by atoms with Gasteiger partial charge in [-0.05, 0) is 102 Å². The first-order chi connectivity index (χ1) is 30.0. The van der Waals surface area contributed by atoms with Crippen LogP contribution in [0.3, 0.4) is 0 Å². The van der Waals surface area contributed by atoms with Crippen molar-refractivity contribution < 1.29 is 63.0 Å². The number of hydrogen-bond acceptors (Lipinski definition) is 14. The highest BCUT2D eigenvalue weighted by atomic mass is 16.6. The van der Waals surface area contributed by atoms with E-state index in [1.54, 1.807) is 109 Å². The van der Waals surface area contributed by atoms with Gasteiger partial charge in [-0.3, -0.25) is 9.59 Å². The molecule has 5 aliphatic rings. The van der Waals surface area contributed by atoms with Crippen LogP contribution in [-0.2, 0) is 38.1 Å². The maximum Gasteiger partial charge on any atom is 0.408 e. The first-order valence-corrected chi connectivity index (χ1v) is 22.4. The number of Topliss-reactive ketones (excluding diaryl/α,β-unsaturated/α-hetero) is 1. The summed E-state index contributed by atoms with van der Waals surface area (Å²) in [4.78, 5) is 73.3. The standard InChI is InChI=1S/C49H64N2O13/c1-28-33(61-43(57)38(54)37(30-17-11-9-12-18-30)50-44(58)64-45(3,4)5)26-49(59)41(62-42(56)31-19-13-10-14-20-31)39-47(8,34(53)25-35-48(39,27-60-35)63-29(2)52)40(55)32(36(28)46(49,6)7)21-24-51-22-15-16-23-51/h9-14,17-20,32-35,37-39,41,53-54,59H,15-16,21-27H2,1-8H3,(H,50,58)/t32-,33+,34+,35-,37+,38-,39+,41+,47-,48+,49-/m1/s1. The zero-order valence-electron chi connectivity index (χ0n) is 38.1. The summed E-state index contributed by atoms with van der Waals surface area (Å²) in [6.07, 6.45) is -6.39. The van der Waals surface area contributed by atoms with E-state index >= 15 is 4.79 Å². The van der Waals surface area contributed by atoms with Crippen molar-refractivity contribution in [1.82, 2.24) is 10.2 Å². The quantitative estimate of drug-likeness (QED) is 0.133. The fourth-order valence-corrected chi connectivity index (χ4v) is 11.4. The SMILES string of the molecule is CC(=O)O[C@@]12CO[C@@H]1C[C@H](O)[C@@]1(C)C(=O)[C@H](CCN3CCCC3)C3=C(C)[C@@H](OC(=O)[C@H](O)[C@@H](NC(=O)OC(C)(C)C)c4ccccc4)C[C@@](O)([C@@H](OC(=O)c4ccccc4)[C@H]21)C3(C)C. The van der Waals surface area contributed by atoms with Gasteiger partial charge in [-0.15, -0.1) is 0 Å². The van der Waals surface area contributed by atoms with Gasteiger partial charge >= 0.3 is 24.0 Å². The van der Waals surface area contributed by atoms with Crippen molar-refractivity contribution >= 4 is 29.8 Å². The molecule has 2 aliphatic heterocycles. The summed E-state index contributed by atoms with van der Waals surface area (Å²) in [7, 11) is 0. The number of aliphatic hydroxyl groups excluding tert-OH is 2. The lowest BCUT2D eigenvalue weighted by atomic mass is 9.43. The second kappa shape index (κ2) is 17.6. The maximum atomic E-state index is 16.0. The van der Waals surface area contributed by atoms with Gasteiger partial charge in [0.2, 0.25) is 0 Å². The van der Waals surface area contributed by atoms with Crippen LogP contribution in [0.4, 0.5) is 4.79 Å². The van der Waals surface area contributed by atoms with Crippen molar-refractivity contribution in [3.05, 3.63) is 82.9 Å². The number of nitrogens with one attached hydrogen (secondary N) is 1. The van der Waals surface area contributed by atoms with E-state index in [1.165, 1.54) is 6.92 Å². The van der Waals surface area contributed by atoms with Gasteiger partial charge < -0.3 is 49.2 Å². The zero-order valence-corrected chi connectivity index (χ0v) is 38.1. The number of hydrogen-bond donors (Lipinski definition) is 4. The molecule has 4 fully saturated rings. The molecule has 0 spiro atoms. The summed E-state index contributed by atoms with van der Waals surface area (Å²) in [6, 6.07) is 15.2. The molecule has 0 radical (unpaired) electrons. The van der Waals surface area contributed by atoms with Crippen LogP contribution in [0, 0.1) is 22.7 Å². The molecule has 0 aromatic heterocycles. The fourth-order valence-electron chi connectivity index (χ4n) is 11.4. The molecule has 4 N–H and O–H groups in total. The monoisotopic (exact) mass is 888 g/mol. The number of ether oxygens (including phenoxy) is 5. The number of likely N-dealkylation sites (tertiary alicyclic amines) is 1. The Hall–Kier alpha value is -4.67. The summed E-state index contributed by atoms with van der Waals surface area (Å²) < 4.78 is 30.5. The topological polar surface area (TPSA) is 207 Å². The number of fused-ring (bicyclic) bond motifs is 5. The van der Waals surface area contributed by atoms with Crippen LogP contribution in [0.1, 0.15) is 109 Å². The molecule has 348 valence electrons. The fraction of sp³-hybridized carbons (Fsp3) is 0.612. The number of aliphatic hydroxyl groups is 3. The maximum absolute atomic E-state index is 16.0. The van der Waals surface area contributed by atoms with Crippen LogP contribution >= 0.6 is 0 Å². The Morgan fingerprint density at radius 3 is 2.17 bits per heavy atom. The largest absolute Gasteiger partial charge is 0.456 e. The predicted octanol–water partition coefficient (Wildman–Crippen LogP) is 5.00. The minimum Gasteiger partial charge on any atom is -0.456 e. The molecule has 3 aliphatic carbocycles. The number of ketones is 1. The number of esters is 3. The van der Waals surface area contributed by atoms with E-state index in [-0.39, 0.29) is 25.0 Å². The minimum atomic E-state index is -2.21. The lowest BCUT2D eigenvalue weighted by Crippen LogP contribution is -2.81. The smallest absolute Gasteiger partial charge is 0.408 e. The predicted molar refractivity (Wildman–Crippen MR) is 231 cm³/mol. The first kappa shape index (κ1) is 47.3. The molecule has 2 aromatic carbocycles. The lowest BCUT2D eigenvalue weighted by Gasteiger charge is -2.67. The molecule has 15 heteroatoms. The highest BCUT2D eigenvalue weighted by molar-refractivity contribution is 5.93. The number of carbonyl (C=O) groups excluding carboxylic acids is 5. The summed E-state index contributed by atoms with van der Waals surface area (Å²) >= 11 is 0.